The second-order valence-corrected chi connectivity index (χ2v) is 16.1. The molecule has 6 rings (SSSR count). The number of ether oxygens (including phenoxy) is 2. The third-order valence-electron chi connectivity index (χ3n) is 9.78. The molecule has 0 radical (unpaired) electrons. The van der Waals surface area contributed by atoms with E-state index in [-0.39, 0.29) is 34.5 Å². The molecule has 0 atom stereocenters. The fourth-order valence-corrected chi connectivity index (χ4v) is 9.56. The van der Waals surface area contributed by atoms with E-state index in [0.717, 1.165) is 101 Å². The summed E-state index contributed by atoms with van der Waals surface area (Å²) in [6, 6.07) is 7.49. The molecule has 3 N–H and O–H groups in total. The van der Waals surface area contributed by atoms with Crippen molar-refractivity contribution in [3.8, 4) is 17.6 Å². The van der Waals surface area contributed by atoms with Crippen LogP contribution in [0.4, 0.5) is 33.3 Å². The Morgan fingerprint density at radius 3 is 2.51 bits per heavy atom. The normalized spacial score (nSPS) is 20.7. The molecule has 1 amide bonds. The Bertz CT molecular complexity index is 1920. The van der Waals surface area contributed by atoms with E-state index in [2.05, 4.69) is 27.4 Å². The zero-order valence-corrected chi connectivity index (χ0v) is 29.6. The molecule has 2 saturated heterocycles. The van der Waals surface area contributed by atoms with Crippen LogP contribution in [0.15, 0.2) is 35.2 Å². The molecule has 3 aromatic rings. The van der Waals surface area contributed by atoms with Crippen LogP contribution in [-0.2, 0) is 26.0 Å². The number of nitrogens with zero attached hydrogens (tertiary/aromatic N) is 1. The summed E-state index contributed by atoms with van der Waals surface area (Å²) in [5.74, 6) is 2.99. The first-order chi connectivity index (χ1) is 24.3. The van der Waals surface area contributed by atoms with Gasteiger partial charge in [-0.2, -0.15) is 13.2 Å². The maximum Gasteiger partial charge on any atom is 0.393 e. The maximum absolute atomic E-state index is 14.8. The number of carbonyl (C=O) groups excluding carboxylic acids is 1. The van der Waals surface area contributed by atoms with Gasteiger partial charge in [0.1, 0.15) is 16.5 Å². The Morgan fingerprint density at radius 1 is 1.12 bits per heavy atom. The van der Waals surface area contributed by atoms with Crippen molar-refractivity contribution in [2.75, 3.05) is 50.3 Å². The number of nitrogens with one attached hydrogen (secondary N) is 3. The first-order valence-electron chi connectivity index (χ1n) is 16.7. The van der Waals surface area contributed by atoms with Crippen LogP contribution >= 0.6 is 11.3 Å². The van der Waals surface area contributed by atoms with Crippen molar-refractivity contribution in [3.05, 3.63) is 46.6 Å². The summed E-state index contributed by atoms with van der Waals surface area (Å²) in [7, 11) is -4.60. The van der Waals surface area contributed by atoms with Gasteiger partial charge in [-0.1, -0.05) is 24.0 Å². The van der Waals surface area contributed by atoms with Gasteiger partial charge in [0.05, 0.1) is 33.9 Å². The fraction of sp³-hybridized carbons (Fsp3) is 0.514. The molecular formula is C35H39F5N4O5S2. The smallest absolute Gasteiger partial charge is 0.393 e. The molecule has 0 bridgehead atoms. The predicted molar refractivity (Wildman–Crippen MR) is 185 cm³/mol. The lowest BCUT2D eigenvalue weighted by Gasteiger charge is -2.56. The largest absolute Gasteiger partial charge is 0.461 e. The number of carbonyl (C=O) groups is 1. The molecule has 0 unspecified atom stereocenters. The molecule has 9 nitrogen and oxygen atoms in total. The highest BCUT2D eigenvalue weighted by Crippen LogP contribution is 2.44. The number of halogens is 5. The van der Waals surface area contributed by atoms with Crippen LogP contribution in [0.1, 0.15) is 55.9 Å². The van der Waals surface area contributed by atoms with Crippen molar-refractivity contribution in [2.24, 2.45) is 5.41 Å². The van der Waals surface area contributed by atoms with Gasteiger partial charge >= 0.3 is 6.18 Å². The number of hydrogen-bond donors (Lipinski definition) is 3. The standard InChI is InChI=1S/C35H39F5N4O5S2/c1-22(45)43-51(46,47)32-17-30(49-21-36)29(16-27(32)37)41-13-3-6-31-26(18-35(38,39)40)25-4-2-5-28(33(25)50-31)42-23-7-9-24(10-8-23)44-19-34(20-44)11-14-48-15-12-34/h2,4-5,16-17,23-24,41-42H,7-15,18-21H2,1H3,(H,43,45). The Balaban J connectivity index is 1.16. The van der Waals surface area contributed by atoms with E-state index in [0.29, 0.717) is 21.5 Å². The van der Waals surface area contributed by atoms with Crippen LogP contribution in [0.3, 0.4) is 0 Å². The minimum atomic E-state index is -4.60. The van der Waals surface area contributed by atoms with Gasteiger partial charge in [-0.25, -0.2) is 21.9 Å². The number of likely N-dealkylation sites (tertiary alicyclic amines) is 1. The summed E-state index contributed by atoms with van der Waals surface area (Å²) < 4.78 is 107. The highest BCUT2D eigenvalue weighted by Gasteiger charge is 2.46. The molecule has 1 spiro atoms. The quantitative estimate of drug-likeness (QED) is 0.158. The Morgan fingerprint density at radius 2 is 1.84 bits per heavy atom. The van der Waals surface area contributed by atoms with Gasteiger partial charge in [0.25, 0.3) is 10.0 Å². The summed E-state index contributed by atoms with van der Waals surface area (Å²) in [6.45, 7) is 3.30. The van der Waals surface area contributed by atoms with Gasteiger partial charge in [0, 0.05) is 62.9 Å². The topological polar surface area (TPSA) is 109 Å². The highest BCUT2D eigenvalue weighted by molar-refractivity contribution is 7.90. The van der Waals surface area contributed by atoms with Gasteiger partial charge in [-0.05, 0) is 55.5 Å². The molecule has 51 heavy (non-hydrogen) atoms. The number of hydrogen-bond acceptors (Lipinski definition) is 9. The van der Waals surface area contributed by atoms with Crippen LogP contribution in [-0.4, -0.2) is 77.2 Å². The van der Waals surface area contributed by atoms with Crippen LogP contribution in [0.25, 0.3) is 10.1 Å². The third-order valence-corrected chi connectivity index (χ3v) is 12.4. The van der Waals surface area contributed by atoms with Crippen molar-refractivity contribution in [2.45, 2.75) is 75.0 Å². The monoisotopic (exact) mass is 754 g/mol. The number of alkyl halides is 4. The summed E-state index contributed by atoms with van der Waals surface area (Å²) in [5.41, 5.74) is 1.09. The van der Waals surface area contributed by atoms with Gasteiger partial charge in [-0.3, -0.25) is 9.69 Å². The maximum atomic E-state index is 14.8. The van der Waals surface area contributed by atoms with E-state index >= 15 is 0 Å². The number of benzene rings is 2. The van der Waals surface area contributed by atoms with E-state index in [1.807, 2.05) is 6.07 Å². The molecule has 2 aromatic carbocycles. The van der Waals surface area contributed by atoms with Gasteiger partial charge in [-0.15, -0.1) is 11.3 Å². The lowest BCUT2D eigenvalue weighted by Crippen LogP contribution is -2.62. The van der Waals surface area contributed by atoms with Crippen LogP contribution < -0.4 is 20.1 Å². The van der Waals surface area contributed by atoms with Gasteiger partial charge < -0.3 is 20.1 Å². The second-order valence-electron chi connectivity index (χ2n) is 13.4. The van der Waals surface area contributed by atoms with Crippen molar-refractivity contribution in [3.63, 3.8) is 0 Å². The zero-order valence-electron chi connectivity index (χ0n) is 27.9. The molecule has 3 aliphatic rings. The van der Waals surface area contributed by atoms with E-state index < -0.39 is 46.1 Å². The molecule has 3 heterocycles. The molecule has 1 aliphatic carbocycles. The number of fused-ring (bicyclic) bond motifs is 1. The zero-order chi connectivity index (χ0) is 36.4. The first kappa shape index (κ1) is 37.1. The van der Waals surface area contributed by atoms with Gasteiger partial charge in [0.2, 0.25) is 12.8 Å². The van der Waals surface area contributed by atoms with E-state index in [1.54, 1.807) is 16.9 Å². The van der Waals surface area contributed by atoms with Crippen molar-refractivity contribution < 1.29 is 44.6 Å². The Hall–Kier alpha value is -3.65. The molecule has 3 fully saturated rings. The summed E-state index contributed by atoms with van der Waals surface area (Å²) in [5, 5.41) is 6.78. The summed E-state index contributed by atoms with van der Waals surface area (Å²) in [4.78, 5) is 13.2. The molecule has 1 saturated carbocycles. The molecule has 2 aliphatic heterocycles. The molecule has 276 valence electrons. The number of amides is 1. The summed E-state index contributed by atoms with van der Waals surface area (Å²) in [6.07, 6.45) is 0.638. The van der Waals surface area contributed by atoms with E-state index in [9.17, 15) is 35.2 Å². The Kier molecular flexibility index (Phi) is 11.0. The van der Waals surface area contributed by atoms with Crippen molar-refractivity contribution >= 4 is 48.7 Å². The second kappa shape index (κ2) is 15.1. The van der Waals surface area contributed by atoms with Crippen LogP contribution in [0, 0.1) is 23.1 Å². The average Bonchev–Trinajstić information content (AvgIpc) is 3.39. The number of anilines is 2. The molecule has 1 aromatic heterocycles. The number of rotatable bonds is 10. The lowest BCUT2D eigenvalue weighted by molar-refractivity contribution is -0.127. The van der Waals surface area contributed by atoms with Crippen molar-refractivity contribution in [1.82, 2.24) is 9.62 Å². The number of thiophene rings is 1. The SMILES string of the molecule is CC(=O)NS(=O)(=O)c1cc(OCF)c(NCC#Cc2sc3c(NC4CCC(N5CC6(CCOCC6)C5)CC4)cccc3c2CC(F)(F)F)cc1F. The predicted octanol–water partition coefficient (Wildman–Crippen LogP) is 6.57. The third kappa shape index (κ3) is 8.70. The average molecular weight is 755 g/mol. The molecular weight excluding hydrogens is 716 g/mol. The fourth-order valence-electron chi connectivity index (χ4n) is 7.33. The highest BCUT2D eigenvalue weighted by atomic mass is 32.2. The lowest BCUT2D eigenvalue weighted by atomic mass is 9.71. The minimum absolute atomic E-state index is 0.0576. The van der Waals surface area contributed by atoms with E-state index in [4.69, 9.17) is 9.47 Å². The van der Waals surface area contributed by atoms with Crippen molar-refractivity contribution in [1.29, 1.82) is 0 Å². The molecule has 16 heteroatoms. The van der Waals surface area contributed by atoms with E-state index in [1.165, 1.54) is 0 Å². The number of sulfonamides is 1. The first-order valence-corrected chi connectivity index (χ1v) is 19.0. The van der Waals surface area contributed by atoms with Crippen LogP contribution in [0.2, 0.25) is 0 Å². The summed E-state index contributed by atoms with van der Waals surface area (Å²) >= 11 is 1.16. The van der Waals surface area contributed by atoms with Crippen LogP contribution in [0.5, 0.6) is 5.75 Å². The van der Waals surface area contributed by atoms with Gasteiger partial charge in [0.15, 0.2) is 0 Å². The minimum Gasteiger partial charge on any atom is -0.461 e. The Labute approximate surface area is 297 Å².